The minimum atomic E-state index is -0.779. The van der Waals surface area contributed by atoms with Crippen LogP contribution in [0.2, 0.25) is 0 Å². The summed E-state index contributed by atoms with van der Waals surface area (Å²) in [7, 11) is 0. The van der Waals surface area contributed by atoms with Crippen molar-refractivity contribution in [1.29, 1.82) is 0 Å². The molecule has 3 nitrogen and oxygen atoms in total. The van der Waals surface area contributed by atoms with Gasteiger partial charge < -0.3 is 9.90 Å². The van der Waals surface area contributed by atoms with E-state index in [0.29, 0.717) is 6.42 Å². The van der Waals surface area contributed by atoms with Gasteiger partial charge in [0.2, 0.25) is 0 Å². The number of carboxylic acid groups (broad SMARTS) is 1. The first-order chi connectivity index (χ1) is 5.68. The van der Waals surface area contributed by atoms with Crippen molar-refractivity contribution < 1.29 is 14.7 Å². The lowest BCUT2D eigenvalue weighted by Gasteiger charge is -2.23. The number of aldehydes is 1. The first kappa shape index (κ1) is 9.23. The number of aliphatic carboxylic acids is 1. The van der Waals surface area contributed by atoms with Gasteiger partial charge in [0, 0.05) is 6.42 Å². The van der Waals surface area contributed by atoms with Crippen molar-refractivity contribution in [3.63, 3.8) is 0 Å². The molecule has 0 heterocycles. The molecule has 12 heavy (non-hydrogen) atoms. The Bertz CT molecular complexity index is 180. The average Bonchev–Trinajstić information content (AvgIpc) is 2.36. The lowest BCUT2D eigenvalue weighted by molar-refractivity contribution is -0.139. The van der Waals surface area contributed by atoms with E-state index < -0.39 is 5.97 Å². The fraction of sp³-hybridized carbons (Fsp3) is 0.778. The van der Waals surface area contributed by atoms with Gasteiger partial charge in [0.05, 0.1) is 6.42 Å². The highest BCUT2D eigenvalue weighted by Gasteiger charge is 2.35. The van der Waals surface area contributed by atoms with E-state index >= 15 is 0 Å². The number of hydrogen-bond acceptors (Lipinski definition) is 2. The number of hydrogen-bond donors (Lipinski definition) is 1. The second-order valence-electron chi connectivity index (χ2n) is 3.65. The normalized spacial score (nSPS) is 20.7. The van der Waals surface area contributed by atoms with Crippen LogP contribution < -0.4 is 0 Å². The lowest BCUT2D eigenvalue weighted by Crippen LogP contribution is -2.21. The molecule has 0 unspecified atom stereocenters. The van der Waals surface area contributed by atoms with Gasteiger partial charge in [0.25, 0.3) is 0 Å². The predicted octanol–water partition coefficient (Wildman–Crippen LogP) is 1.61. The van der Waals surface area contributed by atoms with E-state index in [1.807, 2.05) is 0 Å². The van der Waals surface area contributed by atoms with Crippen molar-refractivity contribution in [2.75, 3.05) is 0 Å². The van der Waals surface area contributed by atoms with Crippen molar-refractivity contribution in [2.45, 2.75) is 38.5 Å². The SMILES string of the molecule is O=CCC1(CC(=O)O)CCCC1. The Morgan fingerprint density at radius 1 is 1.42 bits per heavy atom. The van der Waals surface area contributed by atoms with Gasteiger partial charge in [-0.3, -0.25) is 4.79 Å². The van der Waals surface area contributed by atoms with Crippen LogP contribution in [0, 0.1) is 5.41 Å². The summed E-state index contributed by atoms with van der Waals surface area (Å²) in [4.78, 5) is 20.9. The van der Waals surface area contributed by atoms with Gasteiger partial charge in [-0.15, -0.1) is 0 Å². The molecule has 1 saturated carbocycles. The molecule has 1 aliphatic carbocycles. The molecule has 0 spiro atoms. The van der Waals surface area contributed by atoms with Gasteiger partial charge in [-0.1, -0.05) is 12.8 Å². The predicted molar refractivity (Wildman–Crippen MR) is 43.8 cm³/mol. The van der Waals surface area contributed by atoms with Gasteiger partial charge in [-0.05, 0) is 18.3 Å². The van der Waals surface area contributed by atoms with E-state index in [1.54, 1.807) is 0 Å². The molecule has 1 fully saturated rings. The van der Waals surface area contributed by atoms with Gasteiger partial charge in [-0.25, -0.2) is 0 Å². The van der Waals surface area contributed by atoms with Gasteiger partial charge in [0.1, 0.15) is 6.29 Å². The molecule has 1 rings (SSSR count). The van der Waals surface area contributed by atoms with E-state index in [4.69, 9.17) is 5.11 Å². The minimum Gasteiger partial charge on any atom is -0.481 e. The van der Waals surface area contributed by atoms with E-state index in [9.17, 15) is 9.59 Å². The van der Waals surface area contributed by atoms with Crippen LogP contribution in [0.15, 0.2) is 0 Å². The standard InChI is InChI=1S/C9H14O3/c10-6-5-9(7-8(11)12)3-1-2-4-9/h6H,1-5,7H2,(H,11,12). The summed E-state index contributed by atoms with van der Waals surface area (Å²) in [5, 5.41) is 8.65. The molecule has 0 amide bonds. The second kappa shape index (κ2) is 3.70. The second-order valence-corrected chi connectivity index (χ2v) is 3.65. The largest absolute Gasteiger partial charge is 0.481 e. The first-order valence-electron chi connectivity index (χ1n) is 4.34. The summed E-state index contributed by atoms with van der Waals surface area (Å²) in [6.45, 7) is 0. The number of carbonyl (C=O) groups is 2. The van der Waals surface area contributed by atoms with Crippen molar-refractivity contribution in [3.05, 3.63) is 0 Å². The first-order valence-corrected chi connectivity index (χ1v) is 4.34. The molecule has 0 aliphatic heterocycles. The van der Waals surface area contributed by atoms with Crippen LogP contribution in [0.3, 0.4) is 0 Å². The smallest absolute Gasteiger partial charge is 0.303 e. The summed E-state index contributed by atoms with van der Waals surface area (Å²) >= 11 is 0. The molecule has 68 valence electrons. The number of carbonyl (C=O) groups excluding carboxylic acids is 1. The van der Waals surface area contributed by atoms with Gasteiger partial charge >= 0.3 is 5.97 Å². The van der Waals surface area contributed by atoms with Crippen LogP contribution in [0.25, 0.3) is 0 Å². The Morgan fingerprint density at radius 2 is 2.00 bits per heavy atom. The third-order valence-corrected chi connectivity index (χ3v) is 2.71. The topological polar surface area (TPSA) is 54.4 Å². The molecule has 0 bridgehead atoms. The van der Waals surface area contributed by atoms with E-state index in [0.717, 1.165) is 32.0 Å². The summed E-state index contributed by atoms with van der Waals surface area (Å²) in [6.07, 6.45) is 5.37. The van der Waals surface area contributed by atoms with Crippen LogP contribution in [-0.4, -0.2) is 17.4 Å². The molecule has 0 aromatic heterocycles. The molecular formula is C9H14O3. The highest BCUT2D eigenvalue weighted by molar-refractivity contribution is 5.68. The maximum atomic E-state index is 10.5. The highest BCUT2D eigenvalue weighted by atomic mass is 16.4. The Labute approximate surface area is 71.8 Å². The summed E-state index contributed by atoms with van der Waals surface area (Å²) in [5.41, 5.74) is -0.201. The van der Waals surface area contributed by atoms with E-state index in [-0.39, 0.29) is 11.8 Å². The number of rotatable bonds is 4. The third kappa shape index (κ3) is 2.06. The molecule has 1 N–H and O–H groups in total. The fourth-order valence-corrected chi connectivity index (χ4v) is 2.08. The zero-order valence-corrected chi connectivity index (χ0v) is 7.08. The van der Waals surface area contributed by atoms with Crippen molar-refractivity contribution in [2.24, 2.45) is 5.41 Å². The van der Waals surface area contributed by atoms with Crippen molar-refractivity contribution in [1.82, 2.24) is 0 Å². The maximum absolute atomic E-state index is 10.5. The number of carboxylic acids is 1. The van der Waals surface area contributed by atoms with Gasteiger partial charge in [0.15, 0.2) is 0 Å². The van der Waals surface area contributed by atoms with Crippen LogP contribution in [-0.2, 0) is 9.59 Å². The van der Waals surface area contributed by atoms with E-state index in [2.05, 4.69) is 0 Å². The minimum absolute atomic E-state index is 0.158. The summed E-state index contributed by atoms with van der Waals surface area (Å²) in [6, 6.07) is 0. The van der Waals surface area contributed by atoms with Crippen molar-refractivity contribution in [3.8, 4) is 0 Å². The molecular weight excluding hydrogens is 156 g/mol. The molecule has 0 saturated heterocycles. The molecule has 0 radical (unpaired) electrons. The lowest BCUT2D eigenvalue weighted by atomic mass is 9.80. The quantitative estimate of drug-likeness (QED) is 0.652. The Morgan fingerprint density at radius 3 is 2.42 bits per heavy atom. The monoisotopic (exact) mass is 170 g/mol. The highest BCUT2D eigenvalue weighted by Crippen LogP contribution is 2.43. The maximum Gasteiger partial charge on any atom is 0.303 e. The third-order valence-electron chi connectivity index (χ3n) is 2.71. The Hall–Kier alpha value is -0.860. The molecule has 1 aliphatic rings. The average molecular weight is 170 g/mol. The van der Waals surface area contributed by atoms with Crippen molar-refractivity contribution >= 4 is 12.3 Å². The molecule has 0 atom stereocenters. The molecule has 0 aromatic rings. The fourth-order valence-electron chi connectivity index (χ4n) is 2.08. The van der Waals surface area contributed by atoms with Crippen LogP contribution in [0.1, 0.15) is 38.5 Å². The summed E-state index contributed by atoms with van der Waals surface area (Å²) in [5.74, 6) is -0.779. The summed E-state index contributed by atoms with van der Waals surface area (Å²) < 4.78 is 0. The van der Waals surface area contributed by atoms with Crippen LogP contribution in [0.4, 0.5) is 0 Å². The van der Waals surface area contributed by atoms with Gasteiger partial charge in [-0.2, -0.15) is 0 Å². The van der Waals surface area contributed by atoms with Crippen LogP contribution >= 0.6 is 0 Å². The van der Waals surface area contributed by atoms with E-state index in [1.165, 1.54) is 0 Å². The zero-order chi connectivity index (χ0) is 9.03. The zero-order valence-electron chi connectivity index (χ0n) is 7.08. The Balaban J connectivity index is 2.57. The molecule has 3 heteroatoms. The molecule has 0 aromatic carbocycles. The Kier molecular flexibility index (Phi) is 2.84. The van der Waals surface area contributed by atoms with Crippen LogP contribution in [0.5, 0.6) is 0 Å².